The fourth-order valence-electron chi connectivity index (χ4n) is 8.44. The zero-order valence-electron chi connectivity index (χ0n) is 24.0. The van der Waals surface area contributed by atoms with E-state index in [2.05, 4.69) is 30.7 Å². The summed E-state index contributed by atoms with van der Waals surface area (Å²) >= 11 is 0. The predicted molar refractivity (Wildman–Crippen MR) is 151 cm³/mol. The van der Waals surface area contributed by atoms with Crippen molar-refractivity contribution < 1.29 is 27.4 Å². The van der Waals surface area contributed by atoms with Gasteiger partial charge in [0.15, 0.2) is 11.6 Å². The molecule has 1 aromatic heterocycles. The Morgan fingerprint density at radius 3 is 2.48 bits per heavy atom. The van der Waals surface area contributed by atoms with Crippen molar-refractivity contribution in [3.05, 3.63) is 41.8 Å². The van der Waals surface area contributed by atoms with E-state index in [0.29, 0.717) is 36.3 Å². The van der Waals surface area contributed by atoms with Crippen molar-refractivity contribution in [2.45, 2.75) is 89.3 Å². The molecule has 5 aliphatic rings. The SMILES string of the molecule is CC1(O)CCC(CNC2[C@@H]3CC4C[C@H]2CC(CNc2nc(NCc5ccccc5OC(F)(F)F)ncc2F)(C4)C3)CC1. The lowest BCUT2D eigenvalue weighted by Crippen LogP contribution is -2.60. The monoisotopic (exact) mass is 591 g/mol. The molecule has 5 atom stereocenters. The molecule has 1 heterocycles. The summed E-state index contributed by atoms with van der Waals surface area (Å²) in [7, 11) is 0. The molecule has 1 aromatic carbocycles. The standard InChI is InChI=1S/C31H41F4N5O2/c1-29(41)8-6-19(7-9-29)15-36-26-22-10-20-11-23(26)14-30(12-20,13-22)18-39-27-24(32)17-38-28(40-27)37-16-21-4-2-3-5-25(21)42-31(33,34)35/h2-5,17,19-20,22-23,26,36,41H,6-16,18H2,1H3,(H2,37,38,39,40)/t19?,20?,22-,23+,26?,29?,30?. The number of nitrogens with zero attached hydrogens (tertiary/aromatic N) is 2. The number of rotatable bonds is 10. The number of anilines is 2. The van der Waals surface area contributed by atoms with Crippen LogP contribution in [0.2, 0.25) is 0 Å². The van der Waals surface area contributed by atoms with E-state index in [9.17, 15) is 22.7 Å². The molecule has 42 heavy (non-hydrogen) atoms. The molecular formula is C31H41F4N5O2. The molecule has 2 aromatic rings. The van der Waals surface area contributed by atoms with Crippen LogP contribution in [0.3, 0.4) is 0 Å². The molecule has 11 heteroatoms. The number of hydrogen-bond donors (Lipinski definition) is 4. The van der Waals surface area contributed by atoms with Crippen LogP contribution in [-0.2, 0) is 6.54 Å². The maximum Gasteiger partial charge on any atom is 0.573 e. The molecule has 0 saturated heterocycles. The lowest BCUT2D eigenvalue weighted by Gasteiger charge is -2.60. The van der Waals surface area contributed by atoms with Crippen molar-refractivity contribution in [3.8, 4) is 5.75 Å². The number of aromatic nitrogens is 2. The molecule has 0 amide bonds. The summed E-state index contributed by atoms with van der Waals surface area (Å²) in [5.74, 6) is 1.94. The van der Waals surface area contributed by atoms with Gasteiger partial charge in [0.05, 0.1) is 11.8 Å². The number of nitrogens with one attached hydrogen (secondary N) is 3. The highest BCUT2D eigenvalue weighted by Gasteiger charge is 2.55. The second kappa shape index (κ2) is 11.4. The van der Waals surface area contributed by atoms with Crippen molar-refractivity contribution in [2.24, 2.45) is 29.1 Å². The number of alkyl halides is 3. The summed E-state index contributed by atoms with van der Waals surface area (Å²) in [5.41, 5.74) is -0.114. The van der Waals surface area contributed by atoms with Crippen molar-refractivity contribution in [3.63, 3.8) is 0 Å². The molecule has 0 spiro atoms. The second-order valence-electron chi connectivity index (χ2n) is 13.6. The fraction of sp³-hybridized carbons (Fsp3) is 0.677. The fourth-order valence-corrected chi connectivity index (χ4v) is 8.44. The molecule has 0 radical (unpaired) electrons. The Morgan fingerprint density at radius 1 is 1.05 bits per heavy atom. The average Bonchev–Trinajstić information content (AvgIpc) is 2.92. The van der Waals surface area contributed by atoms with Crippen molar-refractivity contribution in [1.82, 2.24) is 15.3 Å². The highest BCUT2D eigenvalue weighted by Crippen LogP contribution is 2.60. The number of halogens is 4. The first-order chi connectivity index (χ1) is 20.0. The van der Waals surface area contributed by atoms with Gasteiger partial charge < -0.3 is 25.8 Å². The Balaban J connectivity index is 1.05. The zero-order valence-corrected chi connectivity index (χ0v) is 24.0. The molecule has 0 aliphatic heterocycles. The molecular weight excluding hydrogens is 550 g/mol. The summed E-state index contributed by atoms with van der Waals surface area (Å²) in [4.78, 5) is 8.30. The van der Waals surface area contributed by atoms with Gasteiger partial charge in [0.1, 0.15) is 5.75 Å². The van der Waals surface area contributed by atoms with Crippen molar-refractivity contribution in [1.29, 1.82) is 0 Å². The van der Waals surface area contributed by atoms with Crippen LogP contribution in [0.1, 0.15) is 70.3 Å². The third-order valence-corrected chi connectivity index (χ3v) is 10.2. The Labute approximate surface area is 244 Å². The summed E-state index contributed by atoms with van der Waals surface area (Å²) < 4.78 is 57.2. The predicted octanol–water partition coefficient (Wildman–Crippen LogP) is 6.26. The number of aliphatic hydroxyl groups is 1. The first-order valence-electron chi connectivity index (χ1n) is 15.3. The van der Waals surface area contributed by atoms with E-state index in [1.54, 1.807) is 6.07 Å². The third-order valence-electron chi connectivity index (χ3n) is 10.2. The largest absolute Gasteiger partial charge is 0.573 e. The van der Waals surface area contributed by atoms with Gasteiger partial charge in [-0.15, -0.1) is 13.2 Å². The van der Waals surface area contributed by atoms with Crippen LogP contribution in [0, 0.1) is 34.9 Å². The topological polar surface area (TPSA) is 91.3 Å². The third kappa shape index (κ3) is 6.77. The number of ether oxygens (including phenoxy) is 1. The van der Waals surface area contributed by atoms with Crippen LogP contribution in [0.4, 0.5) is 29.3 Å². The second-order valence-corrected chi connectivity index (χ2v) is 13.6. The molecule has 4 bridgehead atoms. The Kier molecular flexibility index (Phi) is 8.02. The van der Waals surface area contributed by atoms with Gasteiger partial charge in [-0.1, -0.05) is 18.2 Å². The van der Waals surface area contributed by atoms with Gasteiger partial charge in [0.2, 0.25) is 5.95 Å². The van der Waals surface area contributed by atoms with E-state index in [4.69, 9.17) is 0 Å². The molecule has 4 N–H and O–H groups in total. The normalized spacial score (nSPS) is 33.9. The summed E-state index contributed by atoms with van der Waals surface area (Å²) in [6, 6.07) is 6.38. The summed E-state index contributed by atoms with van der Waals surface area (Å²) in [6.45, 7) is 3.60. The molecule has 7 nitrogen and oxygen atoms in total. The maximum absolute atomic E-state index is 14.7. The minimum Gasteiger partial charge on any atom is -0.405 e. The molecule has 5 saturated carbocycles. The highest BCUT2D eigenvalue weighted by atomic mass is 19.4. The molecule has 5 fully saturated rings. The number of benzene rings is 1. The van der Waals surface area contributed by atoms with E-state index in [-0.39, 0.29) is 35.0 Å². The molecule has 230 valence electrons. The minimum atomic E-state index is -4.80. The van der Waals surface area contributed by atoms with E-state index in [1.807, 2.05) is 6.92 Å². The first kappa shape index (κ1) is 29.4. The Morgan fingerprint density at radius 2 is 1.76 bits per heavy atom. The summed E-state index contributed by atoms with van der Waals surface area (Å²) in [5, 5.41) is 20.4. The van der Waals surface area contributed by atoms with Gasteiger partial charge in [-0.3, -0.25) is 0 Å². The lowest BCUT2D eigenvalue weighted by molar-refractivity contribution is -0.274. The lowest BCUT2D eigenvalue weighted by atomic mass is 9.48. The Bertz CT molecular complexity index is 1230. The van der Waals surface area contributed by atoms with Crippen LogP contribution in [0.15, 0.2) is 30.5 Å². The molecule has 3 unspecified atom stereocenters. The maximum atomic E-state index is 14.7. The molecule has 5 aliphatic carbocycles. The highest BCUT2D eigenvalue weighted by molar-refractivity contribution is 5.43. The van der Waals surface area contributed by atoms with Crippen LogP contribution in [0.25, 0.3) is 0 Å². The smallest absolute Gasteiger partial charge is 0.405 e. The van der Waals surface area contributed by atoms with Crippen LogP contribution < -0.4 is 20.7 Å². The van der Waals surface area contributed by atoms with Gasteiger partial charge in [-0.25, -0.2) is 9.37 Å². The van der Waals surface area contributed by atoms with Crippen LogP contribution in [0.5, 0.6) is 5.75 Å². The number of hydrogen-bond acceptors (Lipinski definition) is 7. The van der Waals surface area contributed by atoms with E-state index >= 15 is 0 Å². The van der Waals surface area contributed by atoms with Gasteiger partial charge in [0, 0.05) is 24.7 Å². The van der Waals surface area contributed by atoms with Gasteiger partial charge >= 0.3 is 6.36 Å². The van der Waals surface area contributed by atoms with Gasteiger partial charge in [0.25, 0.3) is 0 Å². The van der Waals surface area contributed by atoms with Crippen molar-refractivity contribution in [2.75, 3.05) is 23.7 Å². The van der Waals surface area contributed by atoms with Gasteiger partial charge in [-0.2, -0.15) is 4.98 Å². The number of para-hydroxylation sites is 1. The van der Waals surface area contributed by atoms with Crippen molar-refractivity contribution >= 4 is 11.8 Å². The first-order valence-corrected chi connectivity index (χ1v) is 15.3. The van der Waals surface area contributed by atoms with Crippen LogP contribution in [-0.4, -0.2) is 46.2 Å². The van der Waals surface area contributed by atoms with E-state index in [0.717, 1.165) is 57.7 Å². The summed E-state index contributed by atoms with van der Waals surface area (Å²) in [6.07, 6.45) is 6.07. The van der Waals surface area contributed by atoms with Gasteiger partial charge in [-0.05, 0) is 106 Å². The quantitative estimate of drug-likeness (QED) is 0.242. The van der Waals surface area contributed by atoms with Crippen LogP contribution >= 0.6 is 0 Å². The van der Waals surface area contributed by atoms with E-state index in [1.165, 1.54) is 31.0 Å². The minimum absolute atomic E-state index is 0.0130. The molecule has 7 rings (SSSR count). The van der Waals surface area contributed by atoms with E-state index < -0.39 is 17.8 Å². The average molecular weight is 592 g/mol. The zero-order chi connectivity index (χ0) is 29.5. The Hall–Kier alpha value is -2.66.